The minimum absolute atomic E-state index is 0.193. The van der Waals surface area contributed by atoms with Gasteiger partial charge in [-0.2, -0.15) is 0 Å². The number of hydrogen-bond acceptors (Lipinski definition) is 8. The second-order valence-electron chi connectivity index (χ2n) is 14.8. The summed E-state index contributed by atoms with van der Waals surface area (Å²) in [5.74, 6) is -0.193. The van der Waals surface area contributed by atoms with Gasteiger partial charge in [-0.3, -0.25) is 4.79 Å². The molecular weight excluding hydrogens is 658 g/mol. The molecule has 0 saturated carbocycles. The quantitative estimate of drug-likeness (QED) is 0.0287. The number of ether oxygens (including phenoxy) is 2. The van der Waals surface area contributed by atoms with E-state index in [4.69, 9.17) is 9.47 Å². The fourth-order valence-electron chi connectivity index (χ4n) is 6.48. The molecule has 7 unspecified atom stereocenters. The zero-order valence-corrected chi connectivity index (χ0v) is 33.1. The van der Waals surface area contributed by atoms with Crippen molar-refractivity contribution in [3.8, 4) is 0 Å². The summed E-state index contributed by atoms with van der Waals surface area (Å²) in [5, 5.41) is 54.0. The third-order valence-electron chi connectivity index (χ3n) is 9.95. The molecular formula is C43H79NO8. The van der Waals surface area contributed by atoms with Gasteiger partial charge in [0.2, 0.25) is 5.91 Å². The predicted octanol–water partition coefficient (Wildman–Crippen LogP) is 8.11. The van der Waals surface area contributed by atoms with Gasteiger partial charge in [0.05, 0.1) is 25.4 Å². The number of unbranched alkanes of at least 4 members (excludes halogenated alkanes) is 20. The van der Waals surface area contributed by atoms with Gasteiger partial charge in [0.15, 0.2) is 6.29 Å². The van der Waals surface area contributed by atoms with Gasteiger partial charge in [0.1, 0.15) is 24.4 Å². The molecule has 0 aromatic heterocycles. The van der Waals surface area contributed by atoms with E-state index in [1.54, 1.807) is 6.08 Å². The maximum atomic E-state index is 12.9. The molecule has 9 nitrogen and oxygen atoms in total. The number of amides is 1. The number of aliphatic hydroxyl groups is 5. The molecule has 1 aliphatic rings. The minimum Gasteiger partial charge on any atom is -0.394 e. The van der Waals surface area contributed by atoms with E-state index < -0.39 is 49.5 Å². The zero-order chi connectivity index (χ0) is 38.1. The summed E-state index contributed by atoms with van der Waals surface area (Å²) in [7, 11) is 0. The normalized spacial score (nSPS) is 22.2. The molecule has 52 heavy (non-hydrogen) atoms. The van der Waals surface area contributed by atoms with Crippen LogP contribution in [0, 0.1) is 0 Å². The molecule has 304 valence electrons. The minimum atomic E-state index is -1.57. The van der Waals surface area contributed by atoms with E-state index >= 15 is 0 Å². The smallest absolute Gasteiger partial charge is 0.220 e. The molecule has 0 bridgehead atoms. The highest BCUT2D eigenvalue weighted by molar-refractivity contribution is 5.76. The Labute approximate surface area is 317 Å². The lowest BCUT2D eigenvalue weighted by Crippen LogP contribution is -2.60. The fourth-order valence-corrected chi connectivity index (χ4v) is 6.48. The number of aliphatic hydroxyl groups excluding tert-OH is 5. The largest absolute Gasteiger partial charge is 0.394 e. The molecule has 1 saturated heterocycles. The molecule has 0 aromatic rings. The highest BCUT2D eigenvalue weighted by Gasteiger charge is 2.44. The first-order chi connectivity index (χ1) is 25.3. The Hall–Kier alpha value is -1.59. The summed E-state index contributed by atoms with van der Waals surface area (Å²) < 4.78 is 11.2. The summed E-state index contributed by atoms with van der Waals surface area (Å²) in [6, 6.07) is -0.822. The average molecular weight is 738 g/mol. The van der Waals surface area contributed by atoms with Gasteiger partial charge in [-0.1, -0.05) is 159 Å². The van der Waals surface area contributed by atoms with Crippen molar-refractivity contribution in [2.24, 2.45) is 0 Å². The molecule has 9 heteroatoms. The molecule has 1 amide bonds. The molecule has 1 heterocycles. The van der Waals surface area contributed by atoms with Crippen LogP contribution in [-0.2, 0) is 14.3 Å². The van der Waals surface area contributed by atoms with Crippen molar-refractivity contribution in [3.05, 3.63) is 36.5 Å². The molecule has 1 rings (SSSR count). The van der Waals surface area contributed by atoms with Crippen molar-refractivity contribution < 1.29 is 39.8 Å². The molecule has 6 N–H and O–H groups in total. The van der Waals surface area contributed by atoms with Gasteiger partial charge in [-0.05, 0) is 44.9 Å². The van der Waals surface area contributed by atoms with Crippen LogP contribution in [0.15, 0.2) is 36.5 Å². The van der Waals surface area contributed by atoms with Crippen molar-refractivity contribution in [1.82, 2.24) is 5.32 Å². The SMILES string of the molecule is CCCCCCCC/C=C/CC/C=C/CC/C=C/C(O)C(COC1OC(CO)C(O)C(O)C1O)NC(=O)CCCCCCCCCCCCCCC. The van der Waals surface area contributed by atoms with Gasteiger partial charge < -0.3 is 40.3 Å². The first-order valence-corrected chi connectivity index (χ1v) is 21.2. The van der Waals surface area contributed by atoms with Crippen LogP contribution in [-0.4, -0.2) is 87.5 Å². The summed E-state index contributed by atoms with van der Waals surface area (Å²) >= 11 is 0. The van der Waals surface area contributed by atoms with Crippen molar-refractivity contribution >= 4 is 5.91 Å². The lowest BCUT2D eigenvalue weighted by molar-refractivity contribution is -0.302. The van der Waals surface area contributed by atoms with Crippen LogP contribution < -0.4 is 5.32 Å². The average Bonchev–Trinajstić information content (AvgIpc) is 3.14. The highest BCUT2D eigenvalue weighted by atomic mass is 16.7. The number of carbonyl (C=O) groups is 1. The first-order valence-electron chi connectivity index (χ1n) is 21.2. The topological polar surface area (TPSA) is 149 Å². The van der Waals surface area contributed by atoms with Crippen LogP contribution in [0.4, 0.5) is 0 Å². The zero-order valence-electron chi connectivity index (χ0n) is 33.1. The lowest BCUT2D eigenvalue weighted by atomic mass is 9.99. The van der Waals surface area contributed by atoms with Crippen LogP contribution in [0.25, 0.3) is 0 Å². The number of hydrogen-bond donors (Lipinski definition) is 6. The summed E-state index contributed by atoms with van der Waals surface area (Å²) in [6.45, 7) is 3.72. The molecule has 0 aliphatic carbocycles. The van der Waals surface area contributed by atoms with E-state index in [9.17, 15) is 30.3 Å². The van der Waals surface area contributed by atoms with E-state index in [1.807, 2.05) is 6.08 Å². The predicted molar refractivity (Wildman–Crippen MR) is 212 cm³/mol. The van der Waals surface area contributed by atoms with Gasteiger partial charge in [0.25, 0.3) is 0 Å². The number of rotatable bonds is 34. The molecule has 1 fully saturated rings. The summed E-state index contributed by atoms with van der Waals surface area (Å²) in [4.78, 5) is 12.9. The van der Waals surface area contributed by atoms with Gasteiger partial charge in [0, 0.05) is 6.42 Å². The van der Waals surface area contributed by atoms with E-state index in [0.717, 1.165) is 51.4 Å². The van der Waals surface area contributed by atoms with Crippen LogP contribution in [0.5, 0.6) is 0 Å². The van der Waals surface area contributed by atoms with Gasteiger partial charge in [-0.25, -0.2) is 0 Å². The molecule has 0 aromatic carbocycles. The van der Waals surface area contributed by atoms with Gasteiger partial charge in [-0.15, -0.1) is 0 Å². The van der Waals surface area contributed by atoms with E-state index in [0.29, 0.717) is 6.42 Å². The Kier molecular flexibility index (Phi) is 31.6. The third kappa shape index (κ3) is 24.7. The molecule has 1 aliphatic heterocycles. The fraction of sp³-hybridized carbons (Fsp3) is 0.837. The van der Waals surface area contributed by atoms with Crippen molar-refractivity contribution in [1.29, 1.82) is 0 Å². The highest BCUT2D eigenvalue weighted by Crippen LogP contribution is 2.22. The summed E-state index contributed by atoms with van der Waals surface area (Å²) in [6.07, 6.45) is 33.2. The van der Waals surface area contributed by atoms with Crippen LogP contribution in [0.3, 0.4) is 0 Å². The maximum Gasteiger partial charge on any atom is 0.220 e. The van der Waals surface area contributed by atoms with E-state index in [-0.39, 0.29) is 12.5 Å². The van der Waals surface area contributed by atoms with Gasteiger partial charge >= 0.3 is 0 Å². The number of nitrogens with one attached hydrogen (secondary N) is 1. The maximum absolute atomic E-state index is 12.9. The standard InChI is InChI=1S/C43H79NO8/c1-3-5-7-9-11-13-15-17-18-19-21-22-24-26-28-30-32-37(46)36(35-51-43-42(50)41(49)40(48)38(34-45)52-43)44-39(47)33-31-29-27-25-23-20-16-14-12-10-8-6-4-2/h17-18,22,24,30,32,36-38,40-43,45-46,48-50H,3-16,19-21,23,25-29,31,33-35H2,1-2H3,(H,44,47)/b18-17+,24-22+,32-30+. The summed E-state index contributed by atoms with van der Waals surface area (Å²) in [5.41, 5.74) is 0. The molecule has 0 radical (unpaired) electrons. The lowest BCUT2D eigenvalue weighted by Gasteiger charge is -2.40. The monoisotopic (exact) mass is 738 g/mol. The van der Waals surface area contributed by atoms with E-state index in [2.05, 4.69) is 43.5 Å². The van der Waals surface area contributed by atoms with Crippen molar-refractivity contribution in [2.75, 3.05) is 13.2 Å². The molecule has 0 spiro atoms. The van der Waals surface area contributed by atoms with Crippen LogP contribution in [0.2, 0.25) is 0 Å². The molecule has 7 atom stereocenters. The first kappa shape index (κ1) is 48.4. The number of allylic oxidation sites excluding steroid dienone is 5. The Bertz CT molecular complexity index is 910. The Morgan fingerprint density at radius 1 is 0.635 bits per heavy atom. The Balaban J connectivity index is 2.45. The van der Waals surface area contributed by atoms with Crippen LogP contribution in [0.1, 0.15) is 174 Å². The van der Waals surface area contributed by atoms with E-state index in [1.165, 1.54) is 103 Å². The third-order valence-corrected chi connectivity index (χ3v) is 9.95. The van der Waals surface area contributed by atoms with Crippen LogP contribution >= 0.6 is 0 Å². The number of carbonyl (C=O) groups excluding carboxylic acids is 1. The van der Waals surface area contributed by atoms with Crippen molar-refractivity contribution in [3.63, 3.8) is 0 Å². The Morgan fingerprint density at radius 2 is 1.10 bits per heavy atom. The van der Waals surface area contributed by atoms with Crippen molar-refractivity contribution in [2.45, 2.75) is 217 Å². The second kappa shape index (κ2) is 33.9. The Morgan fingerprint density at radius 3 is 1.62 bits per heavy atom. The second-order valence-corrected chi connectivity index (χ2v) is 14.8.